The second kappa shape index (κ2) is 7.97. The summed E-state index contributed by atoms with van der Waals surface area (Å²) in [7, 11) is 0. The minimum Gasteiger partial charge on any atom is -0.491 e. The Kier molecular flexibility index (Phi) is 6.14. The van der Waals surface area contributed by atoms with Crippen LogP contribution in [0.1, 0.15) is 0 Å². The Morgan fingerprint density at radius 2 is 1.33 bits per heavy atom. The molecule has 5 N–H and O–H groups in total. The summed E-state index contributed by atoms with van der Waals surface area (Å²) in [6, 6.07) is 16.5. The largest absolute Gasteiger partial charge is 0.491 e. The number of nitrogen functional groups attached to an aromatic ring is 2. The van der Waals surface area contributed by atoms with Crippen LogP contribution in [0.15, 0.2) is 54.6 Å². The van der Waals surface area contributed by atoms with E-state index in [-0.39, 0.29) is 6.61 Å². The Balaban J connectivity index is 0.000000184. The van der Waals surface area contributed by atoms with E-state index < -0.39 is 0 Å². The standard InChI is InChI=1S/C8H10O2.C6H8N2/c9-6-7-10-8-4-2-1-3-5-8;7-5-1-2-6(8)4-3-5/h1-5,9H,6-7H2;1-4H,7-8H2. The van der Waals surface area contributed by atoms with Crippen molar-refractivity contribution >= 4 is 11.4 Å². The van der Waals surface area contributed by atoms with Crippen molar-refractivity contribution in [2.24, 2.45) is 0 Å². The zero-order valence-corrected chi connectivity index (χ0v) is 10.1. The Labute approximate surface area is 107 Å². The number of rotatable bonds is 3. The molecule has 0 aliphatic carbocycles. The maximum Gasteiger partial charge on any atom is 0.119 e. The average Bonchev–Trinajstić information content (AvgIpc) is 2.42. The fourth-order valence-corrected chi connectivity index (χ4v) is 1.18. The molecule has 2 aromatic carbocycles. The number of aliphatic hydroxyl groups is 1. The van der Waals surface area contributed by atoms with Gasteiger partial charge in [0.25, 0.3) is 0 Å². The number of para-hydroxylation sites is 1. The highest BCUT2D eigenvalue weighted by molar-refractivity contribution is 5.47. The van der Waals surface area contributed by atoms with Crippen molar-refractivity contribution in [3.8, 4) is 5.75 Å². The summed E-state index contributed by atoms with van der Waals surface area (Å²) in [4.78, 5) is 0. The highest BCUT2D eigenvalue weighted by atomic mass is 16.5. The van der Waals surface area contributed by atoms with Gasteiger partial charge in [-0.1, -0.05) is 18.2 Å². The normalized spacial score (nSPS) is 9.17. The van der Waals surface area contributed by atoms with Gasteiger partial charge in [0.1, 0.15) is 12.4 Å². The van der Waals surface area contributed by atoms with Gasteiger partial charge in [-0.3, -0.25) is 0 Å². The monoisotopic (exact) mass is 246 g/mol. The molecule has 0 aliphatic heterocycles. The summed E-state index contributed by atoms with van der Waals surface area (Å²) in [5.41, 5.74) is 12.2. The van der Waals surface area contributed by atoms with Crippen molar-refractivity contribution in [3.63, 3.8) is 0 Å². The van der Waals surface area contributed by atoms with Crippen molar-refractivity contribution in [2.75, 3.05) is 24.7 Å². The summed E-state index contributed by atoms with van der Waals surface area (Å²) in [6.45, 7) is 0.429. The molecule has 4 heteroatoms. The van der Waals surface area contributed by atoms with E-state index in [9.17, 15) is 0 Å². The van der Waals surface area contributed by atoms with Crippen LogP contribution in [0.3, 0.4) is 0 Å². The molecule has 4 nitrogen and oxygen atoms in total. The molecule has 2 rings (SSSR count). The molecule has 0 heterocycles. The van der Waals surface area contributed by atoms with Gasteiger partial charge in [0.2, 0.25) is 0 Å². The molecule has 0 unspecified atom stereocenters. The Morgan fingerprint density at radius 1 is 0.833 bits per heavy atom. The lowest BCUT2D eigenvalue weighted by Gasteiger charge is -2.01. The van der Waals surface area contributed by atoms with Crippen LogP contribution in [0.4, 0.5) is 11.4 Å². The van der Waals surface area contributed by atoms with E-state index in [0.29, 0.717) is 6.61 Å². The van der Waals surface area contributed by atoms with Crippen LogP contribution in [0, 0.1) is 0 Å². The van der Waals surface area contributed by atoms with E-state index in [1.807, 2.05) is 30.3 Å². The third-order valence-electron chi connectivity index (χ3n) is 2.04. The van der Waals surface area contributed by atoms with E-state index in [4.69, 9.17) is 21.3 Å². The number of hydrogen-bond donors (Lipinski definition) is 3. The maximum absolute atomic E-state index is 8.40. The van der Waals surface area contributed by atoms with Gasteiger partial charge >= 0.3 is 0 Å². The average molecular weight is 246 g/mol. The van der Waals surface area contributed by atoms with Crippen molar-refractivity contribution in [2.45, 2.75) is 0 Å². The summed E-state index contributed by atoms with van der Waals surface area (Å²) in [6.07, 6.45) is 0. The van der Waals surface area contributed by atoms with E-state index in [0.717, 1.165) is 17.1 Å². The molecule has 0 radical (unpaired) electrons. The molecule has 0 saturated heterocycles. The Hall–Kier alpha value is -2.20. The molecule has 0 aromatic heterocycles. The first-order chi connectivity index (χ1) is 8.72. The van der Waals surface area contributed by atoms with Crippen LogP contribution >= 0.6 is 0 Å². The lowest BCUT2D eigenvalue weighted by atomic mass is 10.3. The predicted molar refractivity (Wildman–Crippen MR) is 74.3 cm³/mol. The van der Waals surface area contributed by atoms with Crippen molar-refractivity contribution in [1.82, 2.24) is 0 Å². The van der Waals surface area contributed by atoms with Crippen LogP contribution in [-0.2, 0) is 0 Å². The number of hydrogen-bond acceptors (Lipinski definition) is 4. The number of anilines is 2. The SMILES string of the molecule is Nc1ccc(N)cc1.OCCOc1ccccc1. The van der Waals surface area contributed by atoms with Gasteiger partial charge < -0.3 is 21.3 Å². The first-order valence-electron chi connectivity index (χ1n) is 5.62. The molecule has 0 aliphatic rings. The second-order valence-electron chi connectivity index (χ2n) is 3.55. The van der Waals surface area contributed by atoms with Gasteiger partial charge in [-0.05, 0) is 36.4 Å². The molecular weight excluding hydrogens is 228 g/mol. The first-order valence-corrected chi connectivity index (χ1v) is 5.62. The zero-order valence-electron chi connectivity index (χ0n) is 10.1. The molecule has 0 saturated carbocycles. The molecule has 0 fully saturated rings. The van der Waals surface area contributed by atoms with E-state index in [1.165, 1.54) is 0 Å². The fraction of sp³-hybridized carbons (Fsp3) is 0.143. The Bertz CT molecular complexity index is 408. The summed E-state index contributed by atoms with van der Waals surface area (Å²) in [5.74, 6) is 0.802. The molecular formula is C14H18N2O2. The van der Waals surface area contributed by atoms with E-state index >= 15 is 0 Å². The topological polar surface area (TPSA) is 81.5 Å². The van der Waals surface area contributed by atoms with Gasteiger partial charge in [0.05, 0.1) is 6.61 Å². The highest BCUT2D eigenvalue weighted by Gasteiger charge is 1.87. The van der Waals surface area contributed by atoms with Gasteiger partial charge in [0.15, 0.2) is 0 Å². The Morgan fingerprint density at radius 3 is 1.78 bits per heavy atom. The fourth-order valence-electron chi connectivity index (χ4n) is 1.18. The molecule has 0 spiro atoms. The molecule has 0 amide bonds. The molecule has 0 atom stereocenters. The first kappa shape index (κ1) is 13.9. The maximum atomic E-state index is 8.40. The lowest BCUT2D eigenvalue weighted by Crippen LogP contribution is -2.00. The van der Waals surface area contributed by atoms with E-state index in [2.05, 4.69) is 0 Å². The summed E-state index contributed by atoms with van der Waals surface area (Å²) >= 11 is 0. The minimum absolute atomic E-state index is 0.0644. The van der Waals surface area contributed by atoms with Crippen LogP contribution in [0.2, 0.25) is 0 Å². The number of ether oxygens (including phenoxy) is 1. The zero-order chi connectivity index (χ0) is 13.2. The van der Waals surface area contributed by atoms with Crippen LogP contribution in [0.25, 0.3) is 0 Å². The lowest BCUT2D eigenvalue weighted by molar-refractivity contribution is 0.201. The third kappa shape index (κ3) is 5.77. The molecule has 18 heavy (non-hydrogen) atoms. The molecule has 2 aromatic rings. The minimum atomic E-state index is 0.0644. The van der Waals surface area contributed by atoms with E-state index in [1.54, 1.807) is 24.3 Å². The highest BCUT2D eigenvalue weighted by Crippen LogP contribution is 2.07. The summed E-state index contributed by atoms with van der Waals surface area (Å²) in [5, 5.41) is 8.40. The number of nitrogens with two attached hydrogens (primary N) is 2. The van der Waals surface area contributed by atoms with Crippen LogP contribution < -0.4 is 16.2 Å². The van der Waals surface area contributed by atoms with Gasteiger partial charge in [-0.15, -0.1) is 0 Å². The number of benzene rings is 2. The van der Waals surface area contributed by atoms with Crippen molar-refractivity contribution < 1.29 is 9.84 Å². The predicted octanol–water partition coefficient (Wildman–Crippen LogP) is 1.91. The molecule has 0 bridgehead atoms. The van der Waals surface area contributed by atoms with Gasteiger partial charge in [-0.25, -0.2) is 0 Å². The van der Waals surface area contributed by atoms with Gasteiger partial charge in [-0.2, -0.15) is 0 Å². The second-order valence-corrected chi connectivity index (χ2v) is 3.55. The van der Waals surface area contributed by atoms with Crippen molar-refractivity contribution in [3.05, 3.63) is 54.6 Å². The van der Waals surface area contributed by atoms with Crippen molar-refractivity contribution in [1.29, 1.82) is 0 Å². The smallest absolute Gasteiger partial charge is 0.119 e. The molecule has 96 valence electrons. The summed E-state index contributed by atoms with van der Waals surface area (Å²) < 4.78 is 5.11. The van der Waals surface area contributed by atoms with Crippen LogP contribution in [-0.4, -0.2) is 18.3 Å². The quantitative estimate of drug-likeness (QED) is 0.722. The number of aliphatic hydroxyl groups excluding tert-OH is 1. The third-order valence-corrected chi connectivity index (χ3v) is 2.04. The van der Waals surface area contributed by atoms with Gasteiger partial charge in [0, 0.05) is 11.4 Å². The van der Waals surface area contributed by atoms with Crippen LogP contribution in [0.5, 0.6) is 5.75 Å².